The van der Waals surface area contributed by atoms with Crippen LogP contribution in [0.4, 0.5) is 0 Å². The molecule has 0 radical (unpaired) electrons. The number of carboxylic acid groups (broad SMARTS) is 1. The Morgan fingerprint density at radius 1 is 1.57 bits per heavy atom. The first-order valence-electron chi connectivity index (χ1n) is 4.19. The van der Waals surface area contributed by atoms with E-state index in [0.717, 1.165) is 18.1 Å². The van der Waals surface area contributed by atoms with E-state index >= 15 is 0 Å². The summed E-state index contributed by atoms with van der Waals surface area (Å²) >= 11 is 1.67. The van der Waals surface area contributed by atoms with Crippen molar-refractivity contribution in [3.8, 4) is 0 Å². The molecule has 0 spiro atoms. The van der Waals surface area contributed by atoms with Crippen molar-refractivity contribution in [2.24, 2.45) is 0 Å². The quantitative estimate of drug-likeness (QED) is 0.815. The van der Waals surface area contributed by atoms with Gasteiger partial charge in [-0.15, -0.1) is 11.8 Å². The van der Waals surface area contributed by atoms with Crippen molar-refractivity contribution < 1.29 is 14.6 Å². The van der Waals surface area contributed by atoms with Crippen molar-refractivity contribution in [3.63, 3.8) is 0 Å². The van der Waals surface area contributed by atoms with Crippen LogP contribution in [0, 0.1) is 0 Å². The minimum Gasteiger partial charge on any atom is -0.477 e. The van der Waals surface area contributed by atoms with E-state index in [-0.39, 0.29) is 5.69 Å². The standard InChI is InChI=1S/C9H9NO3S/c11-9(12)8-2-1-6(3-10-8)14-7-4-13-5-7/h1-3,7H,4-5H2,(H,11,12). The van der Waals surface area contributed by atoms with E-state index in [1.807, 2.05) is 0 Å². The zero-order valence-corrected chi connectivity index (χ0v) is 8.16. The zero-order valence-electron chi connectivity index (χ0n) is 7.34. The average Bonchev–Trinajstić information content (AvgIpc) is 2.12. The number of aromatic nitrogens is 1. The number of nitrogens with zero attached hydrogens (tertiary/aromatic N) is 1. The minimum atomic E-state index is -0.992. The Labute approximate surface area is 85.3 Å². The number of carbonyl (C=O) groups is 1. The number of hydrogen-bond donors (Lipinski definition) is 1. The highest BCUT2D eigenvalue weighted by Crippen LogP contribution is 2.27. The van der Waals surface area contributed by atoms with Gasteiger partial charge in [0.25, 0.3) is 0 Å². The van der Waals surface area contributed by atoms with Crippen LogP contribution >= 0.6 is 11.8 Å². The summed E-state index contributed by atoms with van der Waals surface area (Å²) in [5.74, 6) is -0.992. The smallest absolute Gasteiger partial charge is 0.354 e. The molecule has 0 bridgehead atoms. The SMILES string of the molecule is O=C(O)c1ccc(SC2COC2)cn1. The Morgan fingerprint density at radius 3 is 2.79 bits per heavy atom. The molecular weight excluding hydrogens is 202 g/mol. The Kier molecular flexibility index (Phi) is 2.69. The fourth-order valence-electron chi connectivity index (χ4n) is 1.05. The van der Waals surface area contributed by atoms with Gasteiger partial charge in [-0.05, 0) is 12.1 Å². The molecule has 5 heteroatoms. The number of aromatic carboxylic acids is 1. The van der Waals surface area contributed by atoms with Crippen LogP contribution in [-0.4, -0.2) is 34.5 Å². The summed E-state index contributed by atoms with van der Waals surface area (Å²) < 4.78 is 5.03. The van der Waals surface area contributed by atoms with Gasteiger partial charge in [0.15, 0.2) is 0 Å². The number of carboxylic acids is 1. The van der Waals surface area contributed by atoms with Crippen LogP contribution in [0.3, 0.4) is 0 Å². The molecule has 1 aromatic heterocycles. The molecule has 0 aromatic carbocycles. The molecule has 2 heterocycles. The van der Waals surface area contributed by atoms with Crippen molar-refractivity contribution in [2.45, 2.75) is 10.1 Å². The van der Waals surface area contributed by atoms with Crippen LogP contribution in [0.2, 0.25) is 0 Å². The number of hydrogen-bond acceptors (Lipinski definition) is 4. The lowest BCUT2D eigenvalue weighted by molar-refractivity contribution is 0.0455. The molecule has 14 heavy (non-hydrogen) atoms. The predicted molar refractivity (Wildman–Crippen MR) is 51.7 cm³/mol. The van der Waals surface area contributed by atoms with Gasteiger partial charge in [0.1, 0.15) is 5.69 Å². The number of pyridine rings is 1. The number of ether oxygens (including phenoxy) is 1. The summed E-state index contributed by atoms with van der Waals surface area (Å²) in [6.07, 6.45) is 1.59. The third kappa shape index (κ3) is 2.05. The molecule has 1 saturated heterocycles. The van der Waals surface area contributed by atoms with E-state index in [0.29, 0.717) is 5.25 Å². The van der Waals surface area contributed by atoms with E-state index in [9.17, 15) is 4.79 Å². The Morgan fingerprint density at radius 2 is 2.36 bits per heavy atom. The van der Waals surface area contributed by atoms with Crippen molar-refractivity contribution in [1.82, 2.24) is 4.98 Å². The van der Waals surface area contributed by atoms with Gasteiger partial charge in [-0.3, -0.25) is 0 Å². The molecule has 74 valence electrons. The van der Waals surface area contributed by atoms with E-state index in [4.69, 9.17) is 9.84 Å². The fraction of sp³-hybridized carbons (Fsp3) is 0.333. The minimum absolute atomic E-state index is 0.0826. The molecule has 0 saturated carbocycles. The molecule has 1 aromatic rings. The van der Waals surface area contributed by atoms with Gasteiger partial charge in [0, 0.05) is 11.1 Å². The van der Waals surface area contributed by atoms with Gasteiger partial charge in [-0.25, -0.2) is 9.78 Å². The maximum absolute atomic E-state index is 10.5. The lowest BCUT2D eigenvalue weighted by atomic mass is 10.4. The van der Waals surface area contributed by atoms with Gasteiger partial charge in [0.2, 0.25) is 0 Å². The summed E-state index contributed by atoms with van der Waals surface area (Å²) in [5.41, 5.74) is 0.0826. The highest BCUT2D eigenvalue weighted by molar-refractivity contribution is 8.00. The van der Waals surface area contributed by atoms with Crippen molar-refractivity contribution >= 4 is 17.7 Å². The van der Waals surface area contributed by atoms with E-state index in [1.165, 1.54) is 6.07 Å². The van der Waals surface area contributed by atoms with Crippen molar-refractivity contribution in [2.75, 3.05) is 13.2 Å². The van der Waals surface area contributed by atoms with Crippen LogP contribution in [-0.2, 0) is 4.74 Å². The second-order valence-electron chi connectivity index (χ2n) is 2.96. The first-order valence-corrected chi connectivity index (χ1v) is 5.07. The third-order valence-electron chi connectivity index (χ3n) is 1.87. The molecule has 1 aliphatic rings. The molecule has 1 aliphatic heterocycles. The van der Waals surface area contributed by atoms with Crippen LogP contribution in [0.15, 0.2) is 23.2 Å². The van der Waals surface area contributed by atoms with Crippen molar-refractivity contribution in [1.29, 1.82) is 0 Å². The molecule has 1 fully saturated rings. The topological polar surface area (TPSA) is 59.4 Å². The van der Waals surface area contributed by atoms with Crippen LogP contribution in [0.25, 0.3) is 0 Å². The predicted octanol–water partition coefficient (Wildman–Crippen LogP) is 1.27. The normalized spacial score (nSPS) is 16.3. The second-order valence-corrected chi connectivity index (χ2v) is 4.34. The third-order valence-corrected chi connectivity index (χ3v) is 2.98. The monoisotopic (exact) mass is 211 g/mol. The summed E-state index contributed by atoms with van der Waals surface area (Å²) in [6, 6.07) is 3.30. The largest absolute Gasteiger partial charge is 0.477 e. The summed E-state index contributed by atoms with van der Waals surface area (Å²) in [5, 5.41) is 9.12. The first-order chi connectivity index (χ1) is 6.75. The Balaban J connectivity index is 2.01. The highest BCUT2D eigenvalue weighted by atomic mass is 32.2. The number of rotatable bonds is 3. The van der Waals surface area contributed by atoms with Crippen LogP contribution in [0.1, 0.15) is 10.5 Å². The maximum atomic E-state index is 10.5. The fourth-order valence-corrected chi connectivity index (χ4v) is 2.02. The molecule has 0 unspecified atom stereocenters. The van der Waals surface area contributed by atoms with Crippen LogP contribution < -0.4 is 0 Å². The highest BCUT2D eigenvalue weighted by Gasteiger charge is 2.19. The molecular formula is C9H9NO3S. The lowest BCUT2D eigenvalue weighted by Gasteiger charge is -2.24. The molecule has 1 N–H and O–H groups in total. The molecule has 0 aliphatic carbocycles. The Bertz CT molecular complexity index is 334. The molecule has 0 amide bonds. The summed E-state index contributed by atoms with van der Waals surface area (Å²) in [4.78, 5) is 15.3. The van der Waals surface area contributed by atoms with Gasteiger partial charge in [0.05, 0.1) is 18.5 Å². The van der Waals surface area contributed by atoms with Crippen LogP contribution in [0.5, 0.6) is 0 Å². The second kappa shape index (κ2) is 3.98. The number of thioether (sulfide) groups is 1. The molecule has 2 rings (SSSR count). The first kappa shape index (κ1) is 9.48. The summed E-state index contributed by atoms with van der Waals surface area (Å²) in [7, 11) is 0. The van der Waals surface area contributed by atoms with E-state index in [2.05, 4.69) is 4.98 Å². The molecule has 0 atom stereocenters. The lowest BCUT2D eigenvalue weighted by Crippen LogP contribution is -2.30. The van der Waals surface area contributed by atoms with Gasteiger partial charge >= 0.3 is 5.97 Å². The van der Waals surface area contributed by atoms with Gasteiger partial charge < -0.3 is 9.84 Å². The average molecular weight is 211 g/mol. The summed E-state index contributed by atoms with van der Waals surface area (Å²) in [6.45, 7) is 1.54. The zero-order chi connectivity index (χ0) is 9.97. The van der Waals surface area contributed by atoms with E-state index < -0.39 is 5.97 Å². The molecule has 4 nitrogen and oxygen atoms in total. The van der Waals surface area contributed by atoms with Gasteiger partial charge in [-0.2, -0.15) is 0 Å². The van der Waals surface area contributed by atoms with Gasteiger partial charge in [-0.1, -0.05) is 0 Å². The maximum Gasteiger partial charge on any atom is 0.354 e. The van der Waals surface area contributed by atoms with E-state index in [1.54, 1.807) is 24.0 Å². The Hall–Kier alpha value is -1.07. The van der Waals surface area contributed by atoms with Crippen molar-refractivity contribution in [3.05, 3.63) is 24.0 Å².